The molecule has 3 rings (SSSR count). The van der Waals surface area contributed by atoms with Gasteiger partial charge < -0.3 is 10.6 Å². The van der Waals surface area contributed by atoms with Crippen LogP contribution >= 0.6 is 0 Å². The topological polar surface area (TPSA) is 41.1 Å². The molecule has 0 unspecified atom stereocenters. The lowest BCUT2D eigenvalue weighted by Gasteiger charge is -2.15. The van der Waals surface area contributed by atoms with E-state index < -0.39 is 0 Å². The first-order valence-electron chi connectivity index (χ1n) is 7.38. The molecule has 2 aromatic rings. The standard InChI is InChI=1S/C18H20N2O/c1-12-4-3-5-14(10-12)13(2)20-18(21)16-6-7-17-15(11-16)8-9-19-17/h3-7,10-11,13,19H,8-9H2,1-2H3,(H,20,21)/t13-/m0/s1. The van der Waals surface area contributed by atoms with Crippen molar-refractivity contribution in [2.75, 3.05) is 11.9 Å². The Balaban J connectivity index is 1.74. The quantitative estimate of drug-likeness (QED) is 0.904. The molecule has 0 spiro atoms. The van der Waals surface area contributed by atoms with Gasteiger partial charge >= 0.3 is 0 Å². The molecule has 1 heterocycles. The molecule has 2 N–H and O–H groups in total. The maximum Gasteiger partial charge on any atom is 0.251 e. The summed E-state index contributed by atoms with van der Waals surface area (Å²) in [6, 6.07) is 14.1. The molecule has 0 fully saturated rings. The summed E-state index contributed by atoms with van der Waals surface area (Å²) in [6.07, 6.45) is 0.990. The number of hydrogen-bond acceptors (Lipinski definition) is 2. The molecule has 0 aromatic heterocycles. The average molecular weight is 280 g/mol. The molecule has 2 aromatic carbocycles. The van der Waals surface area contributed by atoms with Gasteiger partial charge in [-0.15, -0.1) is 0 Å². The first-order valence-corrected chi connectivity index (χ1v) is 7.38. The van der Waals surface area contributed by atoms with E-state index in [9.17, 15) is 4.79 Å². The van der Waals surface area contributed by atoms with E-state index in [2.05, 4.69) is 29.7 Å². The molecule has 3 heteroatoms. The lowest BCUT2D eigenvalue weighted by Crippen LogP contribution is -2.26. The number of anilines is 1. The number of fused-ring (bicyclic) bond motifs is 1. The fraction of sp³-hybridized carbons (Fsp3) is 0.278. The zero-order valence-electron chi connectivity index (χ0n) is 12.4. The van der Waals surface area contributed by atoms with E-state index in [1.165, 1.54) is 11.1 Å². The van der Waals surface area contributed by atoms with Crippen molar-refractivity contribution in [2.24, 2.45) is 0 Å². The predicted octanol–water partition coefficient (Wildman–Crippen LogP) is 3.45. The number of amides is 1. The van der Waals surface area contributed by atoms with Crippen molar-refractivity contribution in [1.82, 2.24) is 5.32 Å². The van der Waals surface area contributed by atoms with Gasteiger partial charge in [0.25, 0.3) is 5.91 Å². The van der Waals surface area contributed by atoms with Crippen molar-refractivity contribution in [3.63, 3.8) is 0 Å². The van der Waals surface area contributed by atoms with Crippen molar-refractivity contribution in [2.45, 2.75) is 26.3 Å². The van der Waals surface area contributed by atoms with Crippen LogP contribution in [0.3, 0.4) is 0 Å². The molecule has 0 bridgehead atoms. The molecule has 0 saturated heterocycles. The predicted molar refractivity (Wildman–Crippen MR) is 85.7 cm³/mol. The summed E-state index contributed by atoms with van der Waals surface area (Å²) < 4.78 is 0. The molecule has 21 heavy (non-hydrogen) atoms. The van der Waals surface area contributed by atoms with Crippen LogP contribution in [0.25, 0.3) is 0 Å². The molecule has 1 aliphatic rings. The van der Waals surface area contributed by atoms with E-state index in [1.807, 2.05) is 37.3 Å². The van der Waals surface area contributed by atoms with Gasteiger partial charge in [0, 0.05) is 17.8 Å². The van der Waals surface area contributed by atoms with Crippen LogP contribution in [0.4, 0.5) is 5.69 Å². The van der Waals surface area contributed by atoms with Gasteiger partial charge in [-0.2, -0.15) is 0 Å². The highest BCUT2D eigenvalue weighted by molar-refractivity contribution is 5.95. The summed E-state index contributed by atoms with van der Waals surface area (Å²) in [5.74, 6) is -0.0151. The van der Waals surface area contributed by atoms with Gasteiger partial charge in [-0.05, 0) is 49.6 Å². The third-order valence-corrected chi connectivity index (χ3v) is 3.97. The Morgan fingerprint density at radius 2 is 2.10 bits per heavy atom. The Kier molecular flexibility index (Phi) is 3.65. The Morgan fingerprint density at radius 3 is 2.90 bits per heavy atom. The van der Waals surface area contributed by atoms with E-state index in [0.29, 0.717) is 0 Å². The Hall–Kier alpha value is -2.29. The smallest absolute Gasteiger partial charge is 0.251 e. The summed E-state index contributed by atoms with van der Waals surface area (Å²) in [5.41, 5.74) is 5.45. The number of hydrogen-bond donors (Lipinski definition) is 2. The first-order chi connectivity index (χ1) is 10.1. The van der Waals surface area contributed by atoms with E-state index in [4.69, 9.17) is 0 Å². The largest absolute Gasteiger partial charge is 0.384 e. The number of benzene rings is 2. The normalized spacial score (nSPS) is 14.2. The van der Waals surface area contributed by atoms with Gasteiger partial charge in [-0.1, -0.05) is 29.8 Å². The van der Waals surface area contributed by atoms with Gasteiger partial charge in [-0.3, -0.25) is 4.79 Å². The minimum absolute atomic E-state index is 0.00350. The molecule has 1 atom stereocenters. The first kappa shape index (κ1) is 13.7. The van der Waals surface area contributed by atoms with Crippen molar-refractivity contribution < 1.29 is 4.79 Å². The highest BCUT2D eigenvalue weighted by Gasteiger charge is 2.15. The van der Waals surface area contributed by atoms with Gasteiger partial charge in [0.2, 0.25) is 0 Å². The molecule has 1 aliphatic heterocycles. The minimum atomic E-state index is -0.0151. The molecule has 0 radical (unpaired) electrons. The minimum Gasteiger partial charge on any atom is -0.384 e. The SMILES string of the molecule is Cc1cccc([C@H](C)NC(=O)c2ccc3c(c2)CCN3)c1. The average Bonchev–Trinajstić information content (AvgIpc) is 2.94. The third kappa shape index (κ3) is 2.92. The zero-order valence-corrected chi connectivity index (χ0v) is 12.4. The van der Waals surface area contributed by atoms with Gasteiger partial charge in [-0.25, -0.2) is 0 Å². The molecule has 0 saturated carbocycles. The van der Waals surface area contributed by atoms with E-state index >= 15 is 0 Å². The summed E-state index contributed by atoms with van der Waals surface area (Å²) in [4.78, 5) is 12.4. The molecular formula is C18H20N2O. The van der Waals surface area contributed by atoms with Crippen LogP contribution in [0.15, 0.2) is 42.5 Å². The van der Waals surface area contributed by atoms with Crippen LogP contribution in [-0.4, -0.2) is 12.5 Å². The van der Waals surface area contributed by atoms with Gasteiger partial charge in [0.15, 0.2) is 0 Å². The van der Waals surface area contributed by atoms with Gasteiger partial charge in [0.05, 0.1) is 6.04 Å². The Labute approximate surface area is 125 Å². The maximum absolute atomic E-state index is 12.4. The molecule has 1 amide bonds. The Morgan fingerprint density at radius 1 is 1.24 bits per heavy atom. The number of carbonyl (C=O) groups is 1. The van der Waals surface area contributed by atoms with Crippen molar-refractivity contribution >= 4 is 11.6 Å². The maximum atomic E-state index is 12.4. The van der Waals surface area contributed by atoms with Crippen LogP contribution in [0.5, 0.6) is 0 Å². The van der Waals surface area contributed by atoms with Crippen LogP contribution in [-0.2, 0) is 6.42 Å². The third-order valence-electron chi connectivity index (χ3n) is 3.97. The van der Waals surface area contributed by atoms with E-state index in [-0.39, 0.29) is 11.9 Å². The fourth-order valence-electron chi connectivity index (χ4n) is 2.75. The highest BCUT2D eigenvalue weighted by atomic mass is 16.1. The fourth-order valence-corrected chi connectivity index (χ4v) is 2.75. The van der Waals surface area contributed by atoms with Crippen LogP contribution in [0.2, 0.25) is 0 Å². The second-order valence-corrected chi connectivity index (χ2v) is 5.66. The number of rotatable bonds is 3. The van der Waals surface area contributed by atoms with Crippen molar-refractivity contribution in [1.29, 1.82) is 0 Å². The summed E-state index contributed by atoms with van der Waals surface area (Å²) in [6.45, 7) is 5.03. The monoisotopic (exact) mass is 280 g/mol. The van der Waals surface area contributed by atoms with Crippen molar-refractivity contribution in [3.05, 3.63) is 64.7 Å². The Bertz CT molecular complexity index is 679. The van der Waals surface area contributed by atoms with Crippen LogP contribution in [0.1, 0.15) is 40.0 Å². The number of aryl methyl sites for hydroxylation is 1. The zero-order chi connectivity index (χ0) is 14.8. The summed E-state index contributed by atoms with van der Waals surface area (Å²) >= 11 is 0. The summed E-state index contributed by atoms with van der Waals surface area (Å²) in [7, 11) is 0. The molecule has 0 aliphatic carbocycles. The summed E-state index contributed by atoms with van der Waals surface area (Å²) in [5, 5.41) is 6.38. The van der Waals surface area contributed by atoms with Crippen molar-refractivity contribution in [3.8, 4) is 0 Å². The lowest BCUT2D eigenvalue weighted by molar-refractivity contribution is 0.0940. The molecule has 108 valence electrons. The number of carbonyl (C=O) groups excluding carboxylic acids is 1. The van der Waals surface area contributed by atoms with E-state index in [0.717, 1.165) is 29.8 Å². The highest BCUT2D eigenvalue weighted by Crippen LogP contribution is 2.23. The lowest BCUT2D eigenvalue weighted by atomic mass is 10.0. The molecular weight excluding hydrogens is 260 g/mol. The van der Waals surface area contributed by atoms with Crippen LogP contribution in [0, 0.1) is 6.92 Å². The van der Waals surface area contributed by atoms with Gasteiger partial charge in [0.1, 0.15) is 0 Å². The second kappa shape index (κ2) is 5.60. The number of nitrogens with one attached hydrogen (secondary N) is 2. The van der Waals surface area contributed by atoms with E-state index in [1.54, 1.807) is 0 Å². The second-order valence-electron chi connectivity index (χ2n) is 5.66. The molecule has 3 nitrogen and oxygen atoms in total. The van der Waals surface area contributed by atoms with Crippen LogP contribution < -0.4 is 10.6 Å².